The van der Waals surface area contributed by atoms with Crippen LogP contribution in [0.5, 0.6) is 0 Å². The first kappa shape index (κ1) is 14.1. The number of carbonyl (C=O) groups is 1. The zero-order valence-corrected chi connectivity index (χ0v) is 11.5. The topological polar surface area (TPSA) is 61.4 Å². The summed E-state index contributed by atoms with van der Waals surface area (Å²) in [6, 6.07) is -0.761. The zero-order chi connectivity index (χ0) is 14.9. The standard InChI is InChI=1S/C13H17F2N5O/c14-13(15)7-10(18-9-13)12(21)20-5-3-19(4-6-20)11-8-16-1-2-17-11/h1-2,8,10,18H,3-7,9H2. The highest BCUT2D eigenvalue weighted by molar-refractivity contribution is 5.82. The monoisotopic (exact) mass is 297 g/mol. The molecule has 2 fully saturated rings. The molecule has 1 unspecified atom stereocenters. The van der Waals surface area contributed by atoms with Crippen molar-refractivity contribution in [2.45, 2.75) is 18.4 Å². The Morgan fingerprint density at radius 2 is 2.05 bits per heavy atom. The van der Waals surface area contributed by atoms with Crippen LogP contribution in [0.15, 0.2) is 18.6 Å². The van der Waals surface area contributed by atoms with Crippen molar-refractivity contribution in [3.05, 3.63) is 18.6 Å². The average molecular weight is 297 g/mol. The van der Waals surface area contributed by atoms with Crippen LogP contribution in [-0.2, 0) is 4.79 Å². The smallest absolute Gasteiger partial charge is 0.262 e. The minimum Gasteiger partial charge on any atom is -0.352 e. The molecule has 21 heavy (non-hydrogen) atoms. The van der Waals surface area contributed by atoms with E-state index < -0.39 is 24.9 Å². The van der Waals surface area contributed by atoms with Gasteiger partial charge in [-0.15, -0.1) is 0 Å². The number of nitrogens with zero attached hydrogens (tertiary/aromatic N) is 4. The number of anilines is 1. The Labute approximate surface area is 121 Å². The van der Waals surface area contributed by atoms with Gasteiger partial charge in [0.25, 0.3) is 5.92 Å². The van der Waals surface area contributed by atoms with Gasteiger partial charge in [0.2, 0.25) is 5.91 Å². The normalized spacial score (nSPS) is 25.1. The number of hydrogen-bond acceptors (Lipinski definition) is 5. The number of hydrogen-bond donors (Lipinski definition) is 1. The number of carbonyl (C=O) groups excluding carboxylic acids is 1. The third kappa shape index (κ3) is 3.10. The summed E-state index contributed by atoms with van der Waals surface area (Å²) >= 11 is 0. The van der Waals surface area contributed by atoms with Gasteiger partial charge in [0, 0.05) is 45.0 Å². The molecule has 1 atom stereocenters. The number of rotatable bonds is 2. The largest absolute Gasteiger partial charge is 0.352 e. The van der Waals surface area contributed by atoms with Crippen LogP contribution in [0.4, 0.5) is 14.6 Å². The summed E-state index contributed by atoms with van der Waals surface area (Å²) in [7, 11) is 0. The molecule has 3 rings (SSSR count). The van der Waals surface area contributed by atoms with E-state index in [1.807, 2.05) is 4.90 Å². The Kier molecular flexibility index (Phi) is 3.71. The molecule has 0 aliphatic carbocycles. The second-order valence-electron chi connectivity index (χ2n) is 5.37. The van der Waals surface area contributed by atoms with Crippen LogP contribution in [0.25, 0.3) is 0 Å². The Morgan fingerprint density at radius 3 is 2.62 bits per heavy atom. The van der Waals surface area contributed by atoms with Gasteiger partial charge in [-0.1, -0.05) is 0 Å². The van der Waals surface area contributed by atoms with Gasteiger partial charge in [0.15, 0.2) is 0 Å². The SMILES string of the molecule is O=C(C1CC(F)(F)CN1)N1CCN(c2cnccn2)CC1. The fourth-order valence-electron chi connectivity index (χ4n) is 2.72. The lowest BCUT2D eigenvalue weighted by Gasteiger charge is -2.36. The molecule has 1 aromatic rings. The second kappa shape index (κ2) is 5.51. The van der Waals surface area contributed by atoms with E-state index in [9.17, 15) is 13.6 Å². The molecule has 1 N–H and O–H groups in total. The van der Waals surface area contributed by atoms with Crippen molar-refractivity contribution in [2.24, 2.45) is 0 Å². The summed E-state index contributed by atoms with van der Waals surface area (Å²) in [6.07, 6.45) is 4.50. The van der Waals surface area contributed by atoms with E-state index in [0.29, 0.717) is 26.2 Å². The Bertz CT molecular complexity index is 505. The minimum absolute atomic E-state index is 0.231. The van der Waals surface area contributed by atoms with Gasteiger partial charge < -0.3 is 9.80 Å². The Balaban J connectivity index is 1.55. The summed E-state index contributed by atoms with van der Waals surface area (Å²) in [5.41, 5.74) is 0. The van der Waals surface area contributed by atoms with E-state index in [1.165, 1.54) is 0 Å². The number of amides is 1. The van der Waals surface area contributed by atoms with Gasteiger partial charge in [-0.3, -0.25) is 15.1 Å². The fourth-order valence-corrected chi connectivity index (χ4v) is 2.72. The van der Waals surface area contributed by atoms with Crippen LogP contribution in [-0.4, -0.2) is 65.5 Å². The van der Waals surface area contributed by atoms with E-state index in [-0.39, 0.29) is 5.91 Å². The summed E-state index contributed by atoms with van der Waals surface area (Å²) in [4.78, 5) is 24.1. The molecular formula is C13H17F2N5O. The van der Waals surface area contributed by atoms with Crippen LogP contribution in [0.1, 0.15) is 6.42 Å². The highest BCUT2D eigenvalue weighted by Gasteiger charge is 2.43. The zero-order valence-electron chi connectivity index (χ0n) is 11.5. The first-order chi connectivity index (χ1) is 10.1. The third-order valence-corrected chi connectivity index (χ3v) is 3.87. The second-order valence-corrected chi connectivity index (χ2v) is 5.37. The lowest BCUT2D eigenvalue weighted by molar-refractivity contribution is -0.134. The molecule has 1 amide bonds. The van der Waals surface area contributed by atoms with Crippen LogP contribution in [0, 0.1) is 0 Å². The number of halogens is 2. The van der Waals surface area contributed by atoms with Crippen LogP contribution >= 0.6 is 0 Å². The molecule has 2 saturated heterocycles. The number of aromatic nitrogens is 2. The molecule has 6 nitrogen and oxygen atoms in total. The molecule has 2 aliphatic heterocycles. The fraction of sp³-hybridized carbons (Fsp3) is 0.615. The van der Waals surface area contributed by atoms with Crippen molar-refractivity contribution >= 4 is 11.7 Å². The Hall–Kier alpha value is -1.83. The lowest BCUT2D eigenvalue weighted by Crippen LogP contribution is -2.53. The van der Waals surface area contributed by atoms with Gasteiger partial charge in [0.1, 0.15) is 5.82 Å². The molecule has 1 aromatic heterocycles. The quantitative estimate of drug-likeness (QED) is 0.840. The van der Waals surface area contributed by atoms with Crippen LogP contribution in [0.2, 0.25) is 0 Å². The van der Waals surface area contributed by atoms with E-state index in [4.69, 9.17) is 0 Å². The van der Waals surface area contributed by atoms with Gasteiger partial charge in [-0.2, -0.15) is 0 Å². The van der Waals surface area contributed by atoms with Crippen molar-refractivity contribution in [3.8, 4) is 0 Å². The third-order valence-electron chi connectivity index (χ3n) is 3.87. The van der Waals surface area contributed by atoms with Gasteiger partial charge >= 0.3 is 0 Å². The molecular weight excluding hydrogens is 280 g/mol. The summed E-state index contributed by atoms with van der Waals surface area (Å²) < 4.78 is 26.3. The minimum atomic E-state index is -2.78. The summed E-state index contributed by atoms with van der Waals surface area (Å²) in [5, 5.41) is 2.61. The molecule has 3 heterocycles. The number of piperazine rings is 1. The van der Waals surface area contributed by atoms with E-state index >= 15 is 0 Å². The van der Waals surface area contributed by atoms with Crippen molar-refractivity contribution < 1.29 is 13.6 Å². The molecule has 8 heteroatoms. The van der Waals surface area contributed by atoms with E-state index in [1.54, 1.807) is 23.5 Å². The molecule has 0 spiro atoms. The van der Waals surface area contributed by atoms with Gasteiger partial charge in [-0.05, 0) is 0 Å². The van der Waals surface area contributed by atoms with E-state index in [0.717, 1.165) is 5.82 Å². The average Bonchev–Trinajstić information content (AvgIpc) is 2.88. The number of alkyl halides is 2. The predicted molar refractivity (Wildman–Crippen MR) is 72.2 cm³/mol. The number of nitrogens with one attached hydrogen (secondary N) is 1. The van der Waals surface area contributed by atoms with Crippen LogP contribution in [0.3, 0.4) is 0 Å². The molecule has 0 aromatic carbocycles. The summed E-state index contributed by atoms with van der Waals surface area (Å²) in [5.74, 6) is -2.23. The predicted octanol–water partition coefficient (Wildman–Crippen LogP) is 0.122. The molecule has 0 saturated carbocycles. The molecule has 114 valence electrons. The van der Waals surface area contributed by atoms with Crippen molar-refractivity contribution in [1.29, 1.82) is 0 Å². The first-order valence-corrected chi connectivity index (χ1v) is 6.96. The highest BCUT2D eigenvalue weighted by Crippen LogP contribution is 2.26. The molecule has 2 aliphatic rings. The maximum absolute atomic E-state index is 13.1. The van der Waals surface area contributed by atoms with Gasteiger partial charge in [-0.25, -0.2) is 13.8 Å². The van der Waals surface area contributed by atoms with E-state index in [2.05, 4.69) is 15.3 Å². The maximum atomic E-state index is 13.1. The van der Waals surface area contributed by atoms with Crippen molar-refractivity contribution in [1.82, 2.24) is 20.2 Å². The molecule has 0 bridgehead atoms. The van der Waals surface area contributed by atoms with Crippen molar-refractivity contribution in [2.75, 3.05) is 37.6 Å². The first-order valence-electron chi connectivity index (χ1n) is 6.96. The Morgan fingerprint density at radius 1 is 1.29 bits per heavy atom. The summed E-state index contributed by atoms with van der Waals surface area (Å²) in [6.45, 7) is 1.88. The van der Waals surface area contributed by atoms with Gasteiger partial charge in [0.05, 0.1) is 18.8 Å². The van der Waals surface area contributed by atoms with Crippen molar-refractivity contribution in [3.63, 3.8) is 0 Å². The lowest BCUT2D eigenvalue weighted by atomic mass is 10.1. The molecule has 0 radical (unpaired) electrons. The maximum Gasteiger partial charge on any atom is 0.262 e. The highest BCUT2D eigenvalue weighted by atomic mass is 19.3. The van der Waals surface area contributed by atoms with Crippen LogP contribution < -0.4 is 10.2 Å².